The Hall–Kier alpha value is -2.31. The molecule has 0 aromatic heterocycles. The van der Waals surface area contributed by atoms with E-state index in [0.29, 0.717) is 5.92 Å². The Kier molecular flexibility index (Phi) is 8.78. The average molecular weight is 510 g/mol. The summed E-state index contributed by atoms with van der Waals surface area (Å²) in [6, 6.07) is 8.18. The third kappa shape index (κ3) is 6.92. The van der Waals surface area contributed by atoms with E-state index in [-0.39, 0.29) is 23.0 Å². The number of alkyl halides is 3. The highest BCUT2D eigenvalue weighted by molar-refractivity contribution is 5.39. The van der Waals surface area contributed by atoms with Crippen LogP contribution in [0.2, 0.25) is 0 Å². The molecule has 4 rings (SSSR count). The first-order valence-corrected chi connectivity index (χ1v) is 13.2. The molecule has 2 aromatic carbocycles. The van der Waals surface area contributed by atoms with Gasteiger partial charge < -0.3 is 9.47 Å². The molecule has 0 unspecified atom stereocenters. The Balaban J connectivity index is 1.36. The number of halogens is 5. The molecule has 197 valence electrons. The summed E-state index contributed by atoms with van der Waals surface area (Å²) in [6.45, 7) is 2.24. The summed E-state index contributed by atoms with van der Waals surface area (Å²) >= 11 is 0. The monoisotopic (exact) mass is 509 g/mol. The van der Waals surface area contributed by atoms with Gasteiger partial charge in [0.15, 0.2) is 11.6 Å². The number of benzene rings is 2. The van der Waals surface area contributed by atoms with Crippen LogP contribution in [0.15, 0.2) is 30.3 Å². The molecule has 0 spiro atoms. The highest BCUT2D eigenvalue weighted by atomic mass is 19.4. The van der Waals surface area contributed by atoms with Gasteiger partial charge in [-0.3, -0.25) is 0 Å². The van der Waals surface area contributed by atoms with Crippen molar-refractivity contribution in [3.05, 3.63) is 53.6 Å². The lowest BCUT2D eigenvalue weighted by Crippen LogP contribution is -2.26. The van der Waals surface area contributed by atoms with Crippen molar-refractivity contribution >= 4 is 0 Å². The molecular weight excluding hydrogens is 475 g/mol. The van der Waals surface area contributed by atoms with E-state index < -0.39 is 23.7 Å². The van der Waals surface area contributed by atoms with Gasteiger partial charge in [-0.25, -0.2) is 8.78 Å². The minimum absolute atomic E-state index is 0.0301. The molecule has 0 atom stereocenters. The molecule has 0 heterocycles. The number of hydrogen-bond donors (Lipinski definition) is 0. The maximum absolute atomic E-state index is 15.3. The van der Waals surface area contributed by atoms with Crippen molar-refractivity contribution in [2.24, 2.45) is 17.8 Å². The minimum atomic E-state index is -4.80. The van der Waals surface area contributed by atoms with Gasteiger partial charge in [-0.1, -0.05) is 39.0 Å². The Morgan fingerprint density at radius 1 is 0.861 bits per heavy atom. The molecule has 36 heavy (non-hydrogen) atoms. The highest BCUT2D eigenvalue weighted by Crippen LogP contribution is 2.46. The van der Waals surface area contributed by atoms with Crippen molar-refractivity contribution in [1.29, 1.82) is 0 Å². The zero-order valence-corrected chi connectivity index (χ0v) is 20.7. The Morgan fingerprint density at radius 3 is 2.03 bits per heavy atom. The smallest absolute Gasteiger partial charge is 0.454 e. The molecule has 0 amide bonds. The summed E-state index contributed by atoms with van der Waals surface area (Å²) in [6.07, 6.45) is 7.71. The molecule has 7 heteroatoms. The lowest BCUT2D eigenvalue weighted by molar-refractivity contribution is -0.274. The molecule has 1 radical (unpaired) electrons. The van der Waals surface area contributed by atoms with Crippen molar-refractivity contribution in [3.8, 4) is 17.2 Å². The zero-order chi connectivity index (χ0) is 25.7. The predicted molar refractivity (Wildman–Crippen MR) is 128 cm³/mol. The summed E-state index contributed by atoms with van der Waals surface area (Å²) in [7, 11) is 0. The SMILES string of the molecule is CCCC[C@H]1CC[C@H](C2CCC(c3c(F)c[c]c(Oc4ccc(OC(F)(F)F)cc4)c3F)CC2)CC1. The molecular formula is C29H34F5O2. The van der Waals surface area contributed by atoms with Gasteiger partial charge in [-0.05, 0) is 92.5 Å². The van der Waals surface area contributed by atoms with Crippen molar-refractivity contribution in [3.63, 3.8) is 0 Å². The van der Waals surface area contributed by atoms with Crippen LogP contribution < -0.4 is 9.47 Å². The molecule has 2 saturated carbocycles. The normalized spacial score (nSPS) is 24.9. The first-order chi connectivity index (χ1) is 17.2. The van der Waals surface area contributed by atoms with Crippen LogP contribution in [0.4, 0.5) is 22.0 Å². The van der Waals surface area contributed by atoms with Crippen LogP contribution in [0.25, 0.3) is 0 Å². The van der Waals surface area contributed by atoms with Gasteiger partial charge >= 0.3 is 6.36 Å². The molecule has 0 aliphatic heterocycles. The molecule has 2 aliphatic carbocycles. The van der Waals surface area contributed by atoms with E-state index >= 15 is 4.39 Å². The summed E-state index contributed by atoms with van der Waals surface area (Å²) in [5.74, 6) is 0.0202. The average Bonchev–Trinajstić information content (AvgIpc) is 2.85. The van der Waals surface area contributed by atoms with E-state index in [1.807, 2.05) is 0 Å². The summed E-state index contributed by atoms with van der Waals surface area (Å²) in [5.41, 5.74) is 0.0301. The van der Waals surface area contributed by atoms with Crippen molar-refractivity contribution in [1.82, 2.24) is 0 Å². The largest absolute Gasteiger partial charge is 0.573 e. The van der Waals surface area contributed by atoms with Crippen molar-refractivity contribution < 1.29 is 31.4 Å². The molecule has 2 nitrogen and oxygen atoms in total. The lowest BCUT2D eigenvalue weighted by atomic mass is 9.68. The van der Waals surface area contributed by atoms with Gasteiger partial charge in [-0.2, -0.15) is 0 Å². The minimum Gasteiger partial charge on any atom is -0.454 e. The van der Waals surface area contributed by atoms with E-state index in [1.165, 1.54) is 57.1 Å². The molecule has 0 saturated heterocycles. The lowest BCUT2D eigenvalue weighted by Gasteiger charge is -2.38. The summed E-state index contributed by atoms with van der Waals surface area (Å²) < 4.78 is 76.4. The zero-order valence-electron chi connectivity index (χ0n) is 20.7. The molecule has 2 aromatic rings. The van der Waals surface area contributed by atoms with E-state index in [1.54, 1.807) is 0 Å². The highest BCUT2D eigenvalue weighted by Gasteiger charge is 2.34. The number of rotatable bonds is 8. The van der Waals surface area contributed by atoms with Crippen LogP contribution in [0, 0.1) is 35.5 Å². The Bertz CT molecular complexity index is 972. The number of ether oxygens (including phenoxy) is 2. The second-order valence-electron chi connectivity index (χ2n) is 10.3. The van der Waals surface area contributed by atoms with Crippen LogP contribution in [0.5, 0.6) is 17.2 Å². The Labute approximate surface area is 210 Å². The third-order valence-electron chi connectivity index (χ3n) is 8.00. The summed E-state index contributed by atoms with van der Waals surface area (Å²) in [4.78, 5) is 0. The molecule has 0 bridgehead atoms. The maximum atomic E-state index is 15.3. The van der Waals surface area contributed by atoms with E-state index in [4.69, 9.17) is 4.74 Å². The fraction of sp³-hybridized carbons (Fsp3) is 0.586. The fourth-order valence-electron chi connectivity index (χ4n) is 6.09. The second-order valence-corrected chi connectivity index (χ2v) is 10.3. The van der Waals surface area contributed by atoms with Gasteiger partial charge in [0.25, 0.3) is 0 Å². The van der Waals surface area contributed by atoms with E-state index in [0.717, 1.165) is 55.7 Å². The van der Waals surface area contributed by atoms with Gasteiger partial charge in [0.2, 0.25) is 0 Å². The standard InChI is InChI=1S/C29H34F5O2/c1-2-3-4-19-5-7-20(8-6-19)21-9-11-22(12-10-21)27-25(30)17-18-26(28(27)31)35-23-13-15-24(16-14-23)36-29(32,33)34/h13-17,19-22H,2-12H2,1H3/t19-,20-,21?,22?. The number of hydrogen-bond acceptors (Lipinski definition) is 2. The first-order valence-electron chi connectivity index (χ1n) is 13.2. The van der Waals surface area contributed by atoms with Crippen molar-refractivity contribution in [2.75, 3.05) is 0 Å². The van der Waals surface area contributed by atoms with Crippen LogP contribution >= 0.6 is 0 Å². The molecule has 2 aliphatic rings. The van der Waals surface area contributed by atoms with Gasteiger partial charge in [-0.15, -0.1) is 13.2 Å². The van der Waals surface area contributed by atoms with Crippen molar-refractivity contribution in [2.45, 2.75) is 89.8 Å². The van der Waals surface area contributed by atoms with Gasteiger partial charge in [0, 0.05) is 11.6 Å². The van der Waals surface area contributed by atoms with E-state index in [2.05, 4.69) is 17.7 Å². The van der Waals surface area contributed by atoms with Crippen LogP contribution in [0.3, 0.4) is 0 Å². The number of unbranched alkanes of at least 4 members (excludes halogenated alkanes) is 1. The van der Waals surface area contributed by atoms with Gasteiger partial charge in [0.05, 0.1) is 0 Å². The maximum Gasteiger partial charge on any atom is 0.573 e. The van der Waals surface area contributed by atoms with Gasteiger partial charge in [0.1, 0.15) is 17.3 Å². The first kappa shape index (κ1) is 26.7. The topological polar surface area (TPSA) is 18.5 Å². The Morgan fingerprint density at radius 2 is 1.44 bits per heavy atom. The molecule has 0 N–H and O–H groups in total. The third-order valence-corrected chi connectivity index (χ3v) is 8.00. The fourth-order valence-corrected chi connectivity index (χ4v) is 6.09. The second kappa shape index (κ2) is 11.8. The predicted octanol–water partition coefficient (Wildman–Crippen LogP) is 9.73. The summed E-state index contributed by atoms with van der Waals surface area (Å²) in [5, 5.41) is 0. The van der Waals surface area contributed by atoms with Crippen LogP contribution in [0.1, 0.15) is 89.0 Å². The molecule has 2 fully saturated rings. The van der Waals surface area contributed by atoms with Crippen LogP contribution in [-0.2, 0) is 0 Å². The van der Waals surface area contributed by atoms with E-state index in [9.17, 15) is 17.6 Å². The van der Waals surface area contributed by atoms with Crippen LogP contribution in [-0.4, -0.2) is 6.36 Å². The quantitative estimate of drug-likeness (QED) is 0.330.